The average Bonchev–Trinajstić information content (AvgIpc) is 3.16. The second-order valence-corrected chi connectivity index (χ2v) is 8.05. The van der Waals surface area contributed by atoms with E-state index in [1.54, 1.807) is 19.1 Å². The van der Waals surface area contributed by atoms with E-state index >= 15 is 0 Å². The van der Waals surface area contributed by atoms with Gasteiger partial charge in [0.05, 0.1) is 11.3 Å². The molecule has 1 aromatic carbocycles. The molecule has 2 amide bonds. The van der Waals surface area contributed by atoms with Crippen LogP contribution in [0.1, 0.15) is 48.5 Å². The van der Waals surface area contributed by atoms with Crippen LogP contribution in [0.3, 0.4) is 0 Å². The van der Waals surface area contributed by atoms with Crippen LogP contribution in [0.4, 0.5) is 5.69 Å². The summed E-state index contributed by atoms with van der Waals surface area (Å²) in [6, 6.07) is 2.96. The van der Waals surface area contributed by atoms with Gasteiger partial charge in [-0.15, -0.1) is 0 Å². The number of nitrogens with zero attached hydrogens (tertiary/aromatic N) is 1. The predicted molar refractivity (Wildman–Crippen MR) is 98.1 cm³/mol. The van der Waals surface area contributed by atoms with Crippen molar-refractivity contribution >= 4 is 29.1 Å². The summed E-state index contributed by atoms with van der Waals surface area (Å²) in [5.41, 5.74) is 2.89. The summed E-state index contributed by atoms with van der Waals surface area (Å²) in [4.78, 5) is 27.2. The van der Waals surface area contributed by atoms with E-state index in [0.717, 1.165) is 50.1 Å². The highest BCUT2D eigenvalue weighted by Gasteiger charge is 2.45. The number of benzene rings is 1. The lowest BCUT2D eigenvalue weighted by Gasteiger charge is -2.34. The lowest BCUT2D eigenvalue weighted by Crippen LogP contribution is -2.49. The molecule has 0 aromatic heterocycles. The Balaban J connectivity index is 1.41. The number of hydrogen-bond acceptors (Lipinski definition) is 3. The lowest BCUT2D eigenvalue weighted by molar-refractivity contribution is -0.134. The highest BCUT2D eigenvalue weighted by atomic mass is 35.5. The maximum Gasteiger partial charge on any atom is 0.254 e. The molecular weight excluding hydrogens is 338 g/mol. The van der Waals surface area contributed by atoms with Crippen molar-refractivity contribution in [3.63, 3.8) is 0 Å². The van der Waals surface area contributed by atoms with Crippen LogP contribution >= 0.6 is 11.6 Å². The molecule has 5 nitrogen and oxygen atoms in total. The molecule has 1 aliphatic carbocycles. The van der Waals surface area contributed by atoms with Gasteiger partial charge in [-0.05, 0) is 62.1 Å². The fraction of sp³-hybridized carbons (Fsp3) is 0.579. The Morgan fingerprint density at radius 3 is 2.64 bits per heavy atom. The third kappa shape index (κ3) is 3.10. The first kappa shape index (κ1) is 16.7. The Morgan fingerprint density at radius 1 is 1.24 bits per heavy atom. The van der Waals surface area contributed by atoms with Crippen LogP contribution in [-0.4, -0.2) is 42.4 Å². The number of halogens is 1. The van der Waals surface area contributed by atoms with Gasteiger partial charge in [0.25, 0.3) is 5.91 Å². The molecular formula is C19H24ClN3O2. The largest absolute Gasteiger partial charge is 0.384 e. The van der Waals surface area contributed by atoms with Crippen LogP contribution in [0.25, 0.3) is 0 Å². The molecule has 0 radical (unpaired) electrons. The first-order chi connectivity index (χ1) is 12.0. The van der Waals surface area contributed by atoms with Gasteiger partial charge in [0, 0.05) is 24.7 Å². The van der Waals surface area contributed by atoms with Crippen molar-refractivity contribution in [3.05, 3.63) is 28.3 Å². The number of anilines is 1. The monoisotopic (exact) mass is 361 g/mol. The quantitative estimate of drug-likeness (QED) is 0.870. The summed E-state index contributed by atoms with van der Waals surface area (Å²) in [5.74, 6) is -0.207. The number of hydrogen-bond donors (Lipinski definition) is 2. The van der Waals surface area contributed by atoms with E-state index in [2.05, 4.69) is 10.6 Å². The molecule has 3 aliphatic rings. The SMILES string of the molecule is C[C@@H](NC(=O)c1ccc(Cl)c2c1NCC2)C(=O)N1CCC2(CC1)CC2. The predicted octanol–water partition coefficient (Wildman–Crippen LogP) is 2.83. The Kier molecular flexibility index (Phi) is 4.14. The highest BCUT2D eigenvalue weighted by Crippen LogP contribution is 2.53. The van der Waals surface area contributed by atoms with Gasteiger partial charge in [0.15, 0.2) is 0 Å². The van der Waals surface area contributed by atoms with E-state index < -0.39 is 6.04 Å². The van der Waals surface area contributed by atoms with Gasteiger partial charge in [-0.3, -0.25) is 9.59 Å². The maximum atomic E-state index is 12.7. The fourth-order valence-corrected chi connectivity index (χ4v) is 4.31. The normalized spacial score (nSPS) is 21.4. The van der Waals surface area contributed by atoms with Crippen molar-refractivity contribution in [1.82, 2.24) is 10.2 Å². The van der Waals surface area contributed by atoms with E-state index in [4.69, 9.17) is 11.6 Å². The molecule has 6 heteroatoms. The van der Waals surface area contributed by atoms with Gasteiger partial charge >= 0.3 is 0 Å². The minimum Gasteiger partial charge on any atom is -0.384 e. The number of carbonyl (C=O) groups excluding carboxylic acids is 2. The molecule has 4 rings (SSSR count). The van der Waals surface area contributed by atoms with Gasteiger partial charge in [-0.2, -0.15) is 0 Å². The van der Waals surface area contributed by atoms with Gasteiger partial charge in [-0.25, -0.2) is 0 Å². The molecule has 1 saturated heterocycles. The number of nitrogens with one attached hydrogen (secondary N) is 2. The van der Waals surface area contributed by atoms with E-state index in [9.17, 15) is 9.59 Å². The first-order valence-corrected chi connectivity index (χ1v) is 9.52. The molecule has 1 atom stereocenters. The Bertz CT molecular complexity index is 720. The molecule has 0 bridgehead atoms. The fourth-order valence-electron chi connectivity index (χ4n) is 4.06. The van der Waals surface area contributed by atoms with Crippen molar-refractivity contribution in [2.45, 2.75) is 45.1 Å². The zero-order valence-corrected chi connectivity index (χ0v) is 15.3. The van der Waals surface area contributed by atoms with Gasteiger partial charge < -0.3 is 15.5 Å². The molecule has 2 fully saturated rings. The molecule has 1 aromatic rings. The number of rotatable bonds is 3. The first-order valence-electron chi connectivity index (χ1n) is 9.14. The lowest BCUT2D eigenvalue weighted by atomic mass is 9.93. The van der Waals surface area contributed by atoms with Crippen LogP contribution in [0, 0.1) is 5.41 Å². The highest BCUT2D eigenvalue weighted by molar-refractivity contribution is 6.32. The summed E-state index contributed by atoms with van der Waals surface area (Å²) in [6.45, 7) is 4.18. The summed E-state index contributed by atoms with van der Waals surface area (Å²) >= 11 is 6.20. The van der Waals surface area contributed by atoms with Crippen molar-refractivity contribution in [2.75, 3.05) is 25.0 Å². The van der Waals surface area contributed by atoms with Crippen molar-refractivity contribution in [3.8, 4) is 0 Å². The minimum absolute atomic E-state index is 0.0161. The Labute approximate surface area is 153 Å². The third-order valence-corrected chi connectivity index (χ3v) is 6.34. The van der Waals surface area contributed by atoms with E-state index in [1.165, 1.54) is 12.8 Å². The smallest absolute Gasteiger partial charge is 0.254 e. The molecule has 134 valence electrons. The van der Waals surface area contributed by atoms with Crippen LogP contribution in [-0.2, 0) is 11.2 Å². The summed E-state index contributed by atoms with van der Waals surface area (Å²) in [7, 11) is 0. The number of piperidine rings is 1. The maximum absolute atomic E-state index is 12.7. The van der Waals surface area contributed by atoms with Crippen LogP contribution in [0.5, 0.6) is 0 Å². The van der Waals surface area contributed by atoms with E-state index in [1.807, 2.05) is 4.90 Å². The van der Waals surface area contributed by atoms with E-state index in [-0.39, 0.29) is 11.8 Å². The second-order valence-electron chi connectivity index (χ2n) is 7.65. The summed E-state index contributed by atoms with van der Waals surface area (Å²) in [6.07, 6.45) is 5.66. The molecule has 0 unspecified atom stereocenters. The third-order valence-electron chi connectivity index (χ3n) is 5.99. The molecule has 1 spiro atoms. The number of carbonyl (C=O) groups is 2. The Hall–Kier alpha value is -1.75. The summed E-state index contributed by atoms with van der Waals surface area (Å²) < 4.78 is 0. The van der Waals surface area contributed by atoms with Crippen molar-refractivity contribution in [1.29, 1.82) is 0 Å². The average molecular weight is 362 g/mol. The standard InChI is InChI=1S/C19H24ClN3O2/c1-12(18(25)23-10-7-19(5-6-19)8-11-23)22-17(24)14-2-3-15(20)13-4-9-21-16(13)14/h2-3,12,21H,4-11H2,1H3,(H,22,24)/t12-/m1/s1. The molecule has 1 saturated carbocycles. The zero-order chi connectivity index (χ0) is 17.6. The van der Waals surface area contributed by atoms with E-state index in [0.29, 0.717) is 16.0 Å². The molecule has 2 heterocycles. The van der Waals surface area contributed by atoms with Crippen molar-refractivity contribution in [2.24, 2.45) is 5.41 Å². The molecule has 2 aliphatic heterocycles. The number of amides is 2. The topological polar surface area (TPSA) is 61.4 Å². The molecule has 25 heavy (non-hydrogen) atoms. The van der Waals surface area contributed by atoms with Crippen LogP contribution < -0.4 is 10.6 Å². The van der Waals surface area contributed by atoms with Gasteiger partial charge in [0.1, 0.15) is 6.04 Å². The van der Waals surface area contributed by atoms with Crippen molar-refractivity contribution < 1.29 is 9.59 Å². The van der Waals surface area contributed by atoms with Gasteiger partial charge in [-0.1, -0.05) is 11.6 Å². The van der Waals surface area contributed by atoms with Crippen LogP contribution in [0.15, 0.2) is 12.1 Å². The summed E-state index contributed by atoms with van der Waals surface area (Å²) in [5, 5.41) is 6.78. The second kappa shape index (κ2) is 6.20. The molecule has 2 N–H and O–H groups in total. The minimum atomic E-state index is -0.520. The van der Waals surface area contributed by atoms with Crippen LogP contribution in [0.2, 0.25) is 5.02 Å². The Morgan fingerprint density at radius 2 is 1.96 bits per heavy atom. The number of likely N-dealkylation sites (tertiary alicyclic amines) is 1. The van der Waals surface area contributed by atoms with Gasteiger partial charge in [0.2, 0.25) is 5.91 Å². The zero-order valence-electron chi connectivity index (χ0n) is 14.5. The number of fused-ring (bicyclic) bond motifs is 1.